The van der Waals surface area contributed by atoms with Gasteiger partial charge >= 0.3 is 0 Å². The molecule has 1 aliphatic heterocycles. The van der Waals surface area contributed by atoms with E-state index in [0.29, 0.717) is 16.9 Å². The molecule has 0 saturated carbocycles. The van der Waals surface area contributed by atoms with Crippen LogP contribution in [0.3, 0.4) is 0 Å². The number of carbonyl (C=O) groups excluding carboxylic acids is 2. The summed E-state index contributed by atoms with van der Waals surface area (Å²) in [7, 11) is 1.53. The van der Waals surface area contributed by atoms with Crippen LogP contribution in [0.2, 0.25) is 0 Å². The van der Waals surface area contributed by atoms with E-state index in [4.69, 9.17) is 9.47 Å². The van der Waals surface area contributed by atoms with E-state index in [-0.39, 0.29) is 30.6 Å². The number of aromatic nitrogens is 1. The maximum atomic E-state index is 12.9. The highest BCUT2D eigenvalue weighted by atomic mass is 16.5. The molecule has 1 aromatic carbocycles. The van der Waals surface area contributed by atoms with E-state index in [2.05, 4.69) is 4.98 Å². The number of para-hydroxylation sites is 1. The summed E-state index contributed by atoms with van der Waals surface area (Å²) in [6.07, 6.45) is 2.93. The van der Waals surface area contributed by atoms with E-state index < -0.39 is 17.7 Å². The maximum Gasteiger partial charge on any atom is 0.295 e. The number of ketones is 1. The number of hydrogen-bond acceptors (Lipinski definition) is 6. The first-order valence-electron chi connectivity index (χ1n) is 9.39. The lowest BCUT2D eigenvalue weighted by Crippen LogP contribution is -2.33. The summed E-state index contributed by atoms with van der Waals surface area (Å²) < 4.78 is 11.0. The normalized spacial score (nSPS) is 18.5. The largest absolute Gasteiger partial charge is 0.507 e. The number of Topliss-reactive ketones (excluding diaryl/α,β-unsaturated/α-hetero) is 1. The number of hydrogen-bond donors (Lipinski definition) is 1. The van der Waals surface area contributed by atoms with Gasteiger partial charge in [-0.05, 0) is 32.0 Å². The molecule has 2 aromatic rings. The lowest BCUT2D eigenvalue weighted by atomic mass is 9.95. The fraction of sp³-hybridized carbons (Fsp3) is 0.318. The minimum Gasteiger partial charge on any atom is -0.507 e. The van der Waals surface area contributed by atoms with Gasteiger partial charge in [-0.2, -0.15) is 0 Å². The summed E-state index contributed by atoms with van der Waals surface area (Å²) in [6, 6.07) is 9.62. The monoisotopic (exact) mass is 396 g/mol. The molecule has 1 saturated heterocycles. The zero-order valence-corrected chi connectivity index (χ0v) is 16.7. The Morgan fingerprint density at radius 1 is 1.17 bits per heavy atom. The molecule has 1 fully saturated rings. The van der Waals surface area contributed by atoms with Crippen molar-refractivity contribution in [3.8, 4) is 5.75 Å². The second kappa shape index (κ2) is 8.87. The number of pyridine rings is 1. The Hall–Kier alpha value is -3.19. The Kier molecular flexibility index (Phi) is 6.29. The minimum atomic E-state index is -0.784. The average molecular weight is 396 g/mol. The summed E-state index contributed by atoms with van der Waals surface area (Å²) in [5.74, 6) is -1.10. The number of aliphatic hydroxyl groups excluding tert-OH is 1. The molecule has 7 nitrogen and oxygen atoms in total. The third-order valence-corrected chi connectivity index (χ3v) is 4.61. The number of amides is 1. The van der Waals surface area contributed by atoms with Crippen LogP contribution in [-0.4, -0.2) is 53.0 Å². The first kappa shape index (κ1) is 20.5. The number of benzene rings is 1. The molecule has 1 aromatic heterocycles. The lowest BCUT2D eigenvalue weighted by Gasteiger charge is -2.27. The highest BCUT2D eigenvalue weighted by molar-refractivity contribution is 6.46. The summed E-state index contributed by atoms with van der Waals surface area (Å²) in [4.78, 5) is 31.1. The summed E-state index contributed by atoms with van der Waals surface area (Å²) in [5.41, 5.74) is 1.07. The predicted molar refractivity (Wildman–Crippen MR) is 107 cm³/mol. The van der Waals surface area contributed by atoms with E-state index in [1.165, 1.54) is 24.4 Å². The van der Waals surface area contributed by atoms with Gasteiger partial charge in [-0.1, -0.05) is 18.2 Å². The van der Waals surface area contributed by atoms with Crippen LogP contribution in [0.5, 0.6) is 5.75 Å². The van der Waals surface area contributed by atoms with Crippen LogP contribution in [0, 0.1) is 0 Å². The zero-order valence-electron chi connectivity index (χ0n) is 16.7. The third kappa shape index (κ3) is 4.14. The van der Waals surface area contributed by atoms with Crippen molar-refractivity contribution in [3.05, 3.63) is 65.5 Å². The topological polar surface area (TPSA) is 89.0 Å². The van der Waals surface area contributed by atoms with Crippen LogP contribution in [0.25, 0.3) is 5.76 Å². The number of ether oxygens (including phenoxy) is 2. The third-order valence-electron chi connectivity index (χ3n) is 4.61. The summed E-state index contributed by atoms with van der Waals surface area (Å²) >= 11 is 0. The number of aliphatic hydroxyl groups is 1. The minimum absolute atomic E-state index is 0.0251. The fourth-order valence-corrected chi connectivity index (χ4v) is 3.36. The van der Waals surface area contributed by atoms with Crippen molar-refractivity contribution in [1.29, 1.82) is 0 Å². The highest BCUT2D eigenvalue weighted by Crippen LogP contribution is 2.42. The SMILES string of the molecule is COCCN1C(=O)C(=O)/C(=C(\O)c2ccncc2)C1c1ccccc1OC(C)C. The van der Waals surface area contributed by atoms with Crippen molar-refractivity contribution in [3.63, 3.8) is 0 Å². The molecule has 152 valence electrons. The van der Waals surface area contributed by atoms with E-state index >= 15 is 0 Å². The van der Waals surface area contributed by atoms with Crippen molar-refractivity contribution < 1.29 is 24.2 Å². The van der Waals surface area contributed by atoms with Gasteiger partial charge in [-0.3, -0.25) is 14.6 Å². The number of rotatable bonds is 7. The molecule has 0 bridgehead atoms. The average Bonchev–Trinajstić information content (AvgIpc) is 2.97. The number of likely N-dealkylation sites (tertiary alicyclic amines) is 1. The number of methoxy groups -OCH3 is 1. The van der Waals surface area contributed by atoms with Crippen molar-refractivity contribution >= 4 is 17.4 Å². The molecule has 0 aliphatic carbocycles. The van der Waals surface area contributed by atoms with Crippen molar-refractivity contribution in [2.45, 2.75) is 26.0 Å². The van der Waals surface area contributed by atoms with Crippen LogP contribution in [-0.2, 0) is 14.3 Å². The van der Waals surface area contributed by atoms with Gasteiger partial charge in [-0.25, -0.2) is 0 Å². The fourth-order valence-electron chi connectivity index (χ4n) is 3.36. The molecule has 3 rings (SSSR count). The maximum absolute atomic E-state index is 12.9. The molecule has 0 spiro atoms. The first-order chi connectivity index (χ1) is 14.0. The quantitative estimate of drug-likeness (QED) is 0.440. The van der Waals surface area contributed by atoms with Gasteiger partial charge < -0.3 is 19.5 Å². The van der Waals surface area contributed by atoms with Crippen molar-refractivity contribution in [2.75, 3.05) is 20.3 Å². The molecule has 1 N–H and O–H groups in total. The Labute approximate surface area is 169 Å². The first-order valence-corrected chi connectivity index (χ1v) is 9.39. The molecule has 1 unspecified atom stereocenters. The lowest BCUT2D eigenvalue weighted by molar-refractivity contribution is -0.140. The molecule has 7 heteroatoms. The molecule has 1 aliphatic rings. The molecule has 1 atom stereocenters. The summed E-state index contributed by atoms with van der Waals surface area (Å²) in [6.45, 7) is 4.26. The van der Waals surface area contributed by atoms with E-state index in [1.54, 1.807) is 24.3 Å². The van der Waals surface area contributed by atoms with Gasteiger partial charge in [-0.15, -0.1) is 0 Å². The van der Waals surface area contributed by atoms with Crippen LogP contribution < -0.4 is 4.74 Å². The molecule has 2 heterocycles. The van der Waals surface area contributed by atoms with E-state index in [9.17, 15) is 14.7 Å². The Balaban J connectivity index is 2.19. The van der Waals surface area contributed by atoms with Gasteiger partial charge in [0.15, 0.2) is 0 Å². The Morgan fingerprint density at radius 3 is 2.52 bits per heavy atom. The Bertz CT molecular complexity index is 924. The second-order valence-corrected chi connectivity index (χ2v) is 6.93. The van der Waals surface area contributed by atoms with E-state index in [0.717, 1.165) is 0 Å². The number of nitrogens with zero attached hydrogens (tertiary/aromatic N) is 2. The van der Waals surface area contributed by atoms with Gasteiger partial charge in [0.05, 0.1) is 24.3 Å². The predicted octanol–water partition coefficient (Wildman–Crippen LogP) is 2.94. The van der Waals surface area contributed by atoms with Crippen LogP contribution in [0.1, 0.15) is 31.0 Å². The zero-order chi connectivity index (χ0) is 21.0. The number of carbonyl (C=O) groups is 2. The Morgan fingerprint density at radius 2 is 1.86 bits per heavy atom. The van der Waals surface area contributed by atoms with E-state index in [1.807, 2.05) is 26.0 Å². The highest BCUT2D eigenvalue weighted by Gasteiger charge is 2.46. The molecule has 1 amide bonds. The van der Waals surface area contributed by atoms with Crippen molar-refractivity contribution in [1.82, 2.24) is 9.88 Å². The second-order valence-electron chi connectivity index (χ2n) is 6.93. The summed E-state index contributed by atoms with van der Waals surface area (Å²) in [5, 5.41) is 10.9. The standard InChI is InChI=1S/C22H24N2O5/c1-14(2)29-17-7-5-4-6-16(17)19-18(20(25)15-8-10-23-11-9-15)21(26)22(27)24(19)12-13-28-3/h4-11,14,19,25H,12-13H2,1-3H3/b20-18-. The van der Waals surface area contributed by atoms with Gasteiger partial charge in [0.25, 0.3) is 11.7 Å². The van der Waals surface area contributed by atoms with Crippen LogP contribution in [0.15, 0.2) is 54.4 Å². The van der Waals surface area contributed by atoms with Gasteiger partial charge in [0, 0.05) is 37.2 Å². The van der Waals surface area contributed by atoms with Gasteiger partial charge in [0.1, 0.15) is 11.5 Å². The van der Waals surface area contributed by atoms with Crippen LogP contribution >= 0.6 is 0 Å². The molecular formula is C22H24N2O5. The molecule has 0 radical (unpaired) electrons. The van der Waals surface area contributed by atoms with Crippen molar-refractivity contribution in [2.24, 2.45) is 0 Å². The van der Waals surface area contributed by atoms with Crippen LogP contribution in [0.4, 0.5) is 0 Å². The van der Waals surface area contributed by atoms with Gasteiger partial charge in [0.2, 0.25) is 0 Å². The molecule has 29 heavy (non-hydrogen) atoms. The smallest absolute Gasteiger partial charge is 0.295 e. The molecular weight excluding hydrogens is 372 g/mol.